The van der Waals surface area contributed by atoms with Crippen molar-refractivity contribution in [1.82, 2.24) is 15.0 Å². The molecule has 0 aliphatic rings. The molecule has 6 nitrogen and oxygen atoms in total. The number of rotatable bonds is 4. The van der Waals surface area contributed by atoms with Crippen LogP contribution >= 0.6 is 11.6 Å². The van der Waals surface area contributed by atoms with Crippen LogP contribution in [0.4, 0.5) is 0 Å². The van der Waals surface area contributed by atoms with Gasteiger partial charge in [-0.25, -0.2) is 9.48 Å². The van der Waals surface area contributed by atoms with E-state index in [1.807, 2.05) is 0 Å². The van der Waals surface area contributed by atoms with Crippen LogP contribution in [0.5, 0.6) is 0 Å². The Morgan fingerprint density at radius 1 is 1.42 bits per heavy atom. The van der Waals surface area contributed by atoms with Crippen molar-refractivity contribution in [2.75, 3.05) is 7.11 Å². The third-order valence-corrected chi connectivity index (χ3v) is 2.76. The smallest absolute Gasteiger partial charge is 0.361 e. The monoisotopic (exact) mass is 279 g/mol. The number of carbonyl (C=O) groups is 2. The highest BCUT2D eigenvalue weighted by molar-refractivity contribution is 6.30. The van der Waals surface area contributed by atoms with Crippen LogP contribution in [0.15, 0.2) is 24.3 Å². The Kier molecular flexibility index (Phi) is 3.91. The maximum absolute atomic E-state index is 11.4. The molecule has 2 rings (SSSR count). The Bertz CT molecular complexity index is 607. The van der Waals surface area contributed by atoms with E-state index in [1.165, 1.54) is 11.8 Å². The SMILES string of the molecule is COC(=O)c1nnn(Cc2ccc(Cl)cc2)c1C=O. The molecule has 0 unspecified atom stereocenters. The van der Waals surface area contributed by atoms with Gasteiger partial charge in [-0.3, -0.25) is 4.79 Å². The van der Waals surface area contributed by atoms with Gasteiger partial charge in [0.25, 0.3) is 0 Å². The average molecular weight is 280 g/mol. The molecular formula is C12H10ClN3O3. The van der Waals surface area contributed by atoms with Crippen molar-refractivity contribution >= 4 is 23.9 Å². The van der Waals surface area contributed by atoms with Crippen LogP contribution in [0, 0.1) is 0 Å². The van der Waals surface area contributed by atoms with E-state index in [9.17, 15) is 9.59 Å². The summed E-state index contributed by atoms with van der Waals surface area (Å²) in [5.74, 6) is -0.690. The Morgan fingerprint density at radius 2 is 2.11 bits per heavy atom. The Morgan fingerprint density at radius 3 is 2.68 bits per heavy atom. The molecule has 0 saturated heterocycles. The molecule has 0 radical (unpaired) electrons. The number of ether oxygens (including phenoxy) is 1. The summed E-state index contributed by atoms with van der Waals surface area (Å²) < 4.78 is 5.86. The number of halogens is 1. The van der Waals surface area contributed by atoms with E-state index < -0.39 is 5.97 Å². The van der Waals surface area contributed by atoms with Crippen LogP contribution in [-0.2, 0) is 11.3 Å². The minimum absolute atomic E-state index is 0.0850. The van der Waals surface area contributed by atoms with E-state index in [0.717, 1.165) is 5.56 Å². The molecule has 1 aromatic carbocycles. The molecule has 0 atom stereocenters. The van der Waals surface area contributed by atoms with Gasteiger partial charge in [0.05, 0.1) is 13.7 Å². The van der Waals surface area contributed by atoms with Gasteiger partial charge in [-0.15, -0.1) is 5.10 Å². The number of hydrogen-bond donors (Lipinski definition) is 0. The molecule has 0 amide bonds. The largest absolute Gasteiger partial charge is 0.464 e. The lowest BCUT2D eigenvalue weighted by Crippen LogP contribution is -2.09. The van der Waals surface area contributed by atoms with Crippen LogP contribution in [0.1, 0.15) is 26.5 Å². The topological polar surface area (TPSA) is 74.1 Å². The first-order chi connectivity index (χ1) is 9.15. The van der Waals surface area contributed by atoms with Gasteiger partial charge in [0.1, 0.15) is 5.69 Å². The molecule has 0 aliphatic carbocycles. The maximum Gasteiger partial charge on any atom is 0.361 e. The van der Waals surface area contributed by atoms with Crippen LogP contribution in [0.3, 0.4) is 0 Å². The van der Waals surface area contributed by atoms with E-state index >= 15 is 0 Å². The number of esters is 1. The van der Waals surface area contributed by atoms with Crippen molar-refractivity contribution in [3.8, 4) is 0 Å². The van der Waals surface area contributed by atoms with Gasteiger partial charge in [0.15, 0.2) is 6.29 Å². The third-order valence-electron chi connectivity index (χ3n) is 2.51. The molecule has 0 saturated carbocycles. The average Bonchev–Trinajstić information content (AvgIpc) is 2.83. The highest BCUT2D eigenvalue weighted by Crippen LogP contribution is 2.12. The molecule has 0 fully saturated rings. The fourth-order valence-electron chi connectivity index (χ4n) is 1.56. The van der Waals surface area contributed by atoms with E-state index in [2.05, 4.69) is 15.0 Å². The van der Waals surface area contributed by atoms with E-state index in [4.69, 9.17) is 11.6 Å². The lowest BCUT2D eigenvalue weighted by atomic mass is 10.2. The van der Waals surface area contributed by atoms with Crippen molar-refractivity contribution in [1.29, 1.82) is 0 Å². The fraction of sp³-hybridized carbons (Fsp3) is 0.167. The zero-order chi connectivity index (χ0) is 13.8. The molecule has 0 spiro atoms. The number of methoxy groups -OCH3 is 1. The maximum atomic E-state index is 11.4. The van der Waals surface area contributed by atoms with Gasteiger partial charge < -0.3 is 4.74 Å². The molecule has 2 aromatic rings. The molecule has 1 aromatic heterocycles. The summed E-state index contributed by atoms with van der Waals surface area (Å²) in [5, 5.41) is 8.05. The summed E-state index contributed by atoms with van der Waals surface area (Å²) in [4.78, 5) is 22.4. The van der Waals surface area contributed by atoms with Crippen molar-refractivity contribution in [3.05, 3.63) is 46.2 Å². The third kappa shape index (κ3) is 2.79. The first kappa shape index (κ1) is 13.2. The normalized spacial score (nSPS) is 10.2. The molecule has 0 bridgehead atoms. The van der Waals surface area contributed by atoms with Crippen LogP contribution in [-0.4, -0.2) is 34.4 Å². The predicted molar refractivity (Wildman–Crippen MR) is 67.3 cm³/mol. The predicted octanol–water partition coefficient (Wildman–Crippen LogP) is 1.58. The quantitative estimate of drug-likeness (QED) is 0.627. The molecule has 98 valence electrons. The zero-order valence-corrected chi connectivity index (χ0v) is 10.8. The van der Waals surface area contributed by atoms with E-state index in [0.29, 0.717) is 17.9 Å². The highest BCUT2D eigenvalue weighted by Gasteiger charge is 2.19. The Labute approximate surface area is 113 Å². The van der Waals surface area contributed by atoms with Crippen LogP contribution in [0.2, 0.25) is 5.02 Å². The molecular weight excluding hydrogens is 270 g/mol. The van der Waals surface area contributed by atoms with Crippen LogP contribution in [0.25, 0.3) is 0 Å². The van der Waals surface area contributed by atoms with Gasteiger partial charge in [0.2, 0.25) is 5.69 Å². The molecule has 0 aliphatic heterocycles. The van der Waals surface area contributed by atoms with Gasteiger partial charge in [-0.05, 0) is 17.7 Å². The highest BCUT2D eigenvalue weighted by atomic mass is 35.5. The Balaban J connectivity index is 2.30. The minimum atomic E-state index is -0.690. The van der Waals surface area contributed by atoms with E-state index in [-0.39, 0.29) is 11.4 Å². The summed E-state index contributed by atoms with van der Waals surface area (Å²) >= 11 is 5.79. The second-order valence-electron chi connectivity index (χ2n) is 3.72. The molecule has 19 heavy (non-hydrogen) atoms. The van der Waals surface area contributed by atoms with Crippen molar-refractivity contribution in [3.63, 3.8) is 0 Å². The zero-order valence-electron chi connectivity index (χ0n) is 10.0. The van der Waals surface area contributed by atoms with Crippen molar-refractivity contribution in [2.24, 2.45) is 0 Å². The first-order valence-electron chi connectivity index (χ1n) is 5.37. The van der Waals surface area contributed by atoms with Gasteiger partial charge in [0, 0.05) is 5.02 Å². The summed E-state index contributed by atoms with van der Waals surface area (Å²) in [6.45, 7) is 0.315. The first-order valence-corrected chi connectivity index (χ1v) is 5.75. The number of nitrogens with zero attached hydrogens (tertiary/aromatic N) is 3. The lowest BCUT2D eigenvalue weighted by Gasteiger charge is -2.03. The number of benzene rings is 1. The number of carbonyl (C=O) groups excluding carboxylic acids is 2. The second kappa shape index (κ2) is 5.62. The Hall–Kier alpha value is -2.21. The van der Waals surface area contributed by atoms with Gasteiger partial charge in [-0.2, -0.15) is 0 Å². The summed E-state index contributed by atoms with van der Waals surface area (Å²) in [7, 11) is 1.22. The fourth-order valence-corrected chi connectivity index (χ4v) is 1.68. The number of aromatic nitrogens is 3. The number of aldehydes is 1. The van der Waals surface area contributed by atoms with Crippen LogP contribution < -0.4 is 0 Å². The minimum Gasteiger partial charge on any atom is -0.464 e. The molecule has 1 heterocycles. The summed E-state index contributed by atoms with van der Waals surface area (Å²) in [5.41, 5.74) is 0.877. The number of hydrogen-bond acceptors (Lipinski definition) is 5. The summed E-state index contributed by atoms with van der Waals surface area (Å²) in [6, 6.07) is 7.07. The van der Waals surface area contributed by atoms with E-state index in [1.54, 1.807) is 24.3 Å². The lowest BCUT2D eigenvalue weighted by molar-refractivity contribution is 0.0591. The van der Waals surface area contributed by atoms with Crippen molar-refractivity contribution in [2.45, 2.75) is 6.54 Å². The second-order valence-corrected chi connectivity index (χ2v) is 4.15. The standard InChI is InChI=1S/C12H10ClN3O3/c1-19-12(18)11-10(7-17)16(15-14-11)6-8-2-4-9(13)5-3-8/h2-5,7H,6H2,1H3. The van der Waals surface area contributed by atoms with Crippen molar-refractivity contribution < 1.29 is 14.3 Å². The molecule has 0 N–H and O–H groups in total. The van der Waals surface area contributed by atoms with Gasteiger partial charge in [-0.1, -0.05) is 28.9 Å². The van der Waals surface area contributed by atoms with Gasteiger partial charge >= 0.3 is 5.97 Å². The molecule has 7 heteroatoms. The summed E-state index contributed by atoms with van der Waals surface area (Å²) in [6.07, 6.45) is 0.530.